The van der Waals surface area contributed by atoms with Crippen molar-refractivity contribution >= 4 is 17.6 Å². The number of aryl methyl sites for hydroxylation is 1. The average Bonchev–Trinajstić information content (AvgIpc) is 2.72. The Morgan fingerprint density at radius 3 is 2.43 bits per heavy atom. The molecule has 1 heterocycles. The van der Waals surface area contributed by atoms with E-state index in [1.54, 1.807) is 42.2 Å². The van der Waals surface area contributed by atoms with Gasteiger partial charge in [0.05, 0.1) is 23.7 Å². The number of carbonyl (C=O) groups excluding carboxylic acids is 2. The highest BCUT2D eigenvalue weighted by Gasteiger charge is 2.31. The number of nitro groups is 1. The van der Waals surface area contributed by atoms with Gasteiger partial charge in [0, 0.05) is 30.3 Å². The summed E-state index contributed by atoms with van der Waals surface area (Å²) in [6.45, 7) is 3.26. The summed E-state index contributed by atoms with van der Waals surface area (Å²) in [5.74, 6) is -1.03. The number of amides is 1. The lowest BCUT2D eigenvalue weighted by Gasteiger charge is -2.30. The highest BCUT2D eigenvalue weighted by atomic mass is 16.6. The van der Waals surface area contributed by atoms with Crippen LogP contribution in [0.2, 0.25) is 0 Å². The molecule has 2 aromatic rings. The Labute approximate surface area is 161 Å². The fourth-order valence-corrected chi connectivity index (χ4v) is 3.00. The van der Waals surface area contributed by atoms with Crippen LogP contribution in [-0.2, 0) is 14.3 Å². The molecule has 0 unspecified atom stereocenters. The van der Waals surface area contributed by atoms with Crippen LogP contribution in [0.5, 0.6) is 0 Å². The van der Waals surface area contributed by atoms with Crippen molar-refractivity contribution in [2.45, 2.75) is 13.0 Å². The maximum absolute atomic E-state index is 13.0. The Kier molecular flexibility index (Phi) is 6.00. The second-order valence-corrected chi connectivity index (χ2v) is 6.39. The Morgan fingerprint density at radius 2 is 1.82 bits per heavy atom. The maximum atomic E-state index is 13.0. The first-order valence-corrected chi connectivity index (χ1v) is 8.85. The first kappa shape index (κ1) is 19.5. The predicted octanol–water partition coefficient (Wildman–Crippen LogP) is 2.66. The van der Waals surface area contributed by atoms with Gasteiger partial charge in [-0.1, -0.05) is 30.3 Å². The minimum Gasteiger partial charge on any atom is -0.444 e. The molecule has 0 aliphatic carbocycles. The van der Waals surface area contributed by atoms with Crippen molar-refractivity contribution in [3.8, 4) is 0 Å². The van der Waals surface area contributed by atoms with Crippen LogP contribution in [0.3, 0.4) is 0 Å². The minimum absolute atomic E-state index is 0.0828. The van der Waals surface area contributed by atoms with Gasteiger partial charge in [-0.2, -0.15) is 0 Å². The molecule has 8 nitrogen and oxygen atoms in total. The molecule has 0 N–H and O–H groups in total. The van der Waals surface area contributed by atoms with E-state index in [-0.39, 0.29) is 17.2 Å². The quantitative estimate of drug-likeness (QED) is 0.446. The highest BCUT2D eigenvalue weighted by molar-refractivity contribution is 5.93. The summed E-state index contributed by atoms with van der Waals surface area (Å²) in [5, 5.41) is 11.0. The number of nitro benzene ring substituents is 1. The van der Waals surface area contributed by atoms with E-state index in [0.717, 1.165) is 0 Å². The fourth-order valence-electron chi connectivity index (χ4n) is 3.00. The molecule has 1 aliphatic rings. The third-order valence-corrected chi connectivity index (χ3v) is 4.50. The topological polar surface area (TPSA) is 99.0 Å². The zero-order valence-electron chi connectivity index (χ0n) is 15.4. The van der Waals surface area contributed by atoms with Crippen LogP contribution in [0.1, 0.15) is 27.6 Å². The van der Waals surface area contributed by atoms with Gasteiger partial charge in [-0.15, -0.1) is 0 Å². The van der Waals surface area contributed by atoms with Crippen LogP contribution >= 0.6 is 0 Å². The summed E-state index contributed by atoms with van der Waals surface area (Å²) in [4.78, 5) is 37.7. The number of hydrogen-bond donors (Lipinski definition) is 0. The van der Waals surface area contributed by atoms with Gasteiger partial charge in [-0.25, -0.2) is 4.79 Å². The van der Waals surface area contributed by atoms with E-state index < -0.39 is 17.0 Å². The summed E-state index contributed by atoms with van der Waals surface area (Å²) in [7, 11) is 0. The number of rotatable bonds is 5. The minimum atomic E-state index is -1.10. The van der Waals surface area contributed by atoms with Gasteiger partial charge in [0.2, 0.25) is 6.10 Å². The molecule has 1 saturated heterocycles. The molecule has 0 aromatic heterocycles. The molecule has 3 rings (SSSR count). The monoisotopic (exact) mass is 384 g/mol. The molecule has 146 valence electrons. The first-order valence-electron chi connectivity index (χ1n) is 8.85. The molecule has 0 bridgehead atoms. The highest BCUT2D eigenvalue weighted by Crippen LogP contribution is 2.24. The van der Waals surface area contributed by atoms with Crippen LogP contribution in [0.15, 0.2) is 48.5 Å². The van der Waals surface area contributed by atoms with E-state index in [9.17, 15) is 19.7 Å². The lowest BCUT2D eigenvalue weighted by molar-refractivity contribution is -0.385. The molecule has 1 aliphatic heterocycles. The van der Waals surface area contributed by atoms with Crippen molar-refractivity contribution in [3.05, 3.63) is 75.3 Å². The van der Waals surface area contributed by atoms with Crippen LogP contribution in [0.4, 0.5) is 5.69 Å². The molecule has 8 heteroatoms. The van der Waals surface area contributed by atoms with E-state index in [1.807, 2.05) is 0 Å². The smallest absolute Gasteiger partial charge is 0.339 e. The SMILES string of the molecule is Cc1cc(C(=O)O[C@H](C(=O)N2CCOCC2)c2ccccc2)ccc1[N+](=O)[O-]. The van der Waals surface area contributed by atoms with Gasteiger partial charge in [-0.05, 0) is 19.1 Å². The fraction of sp³-hybridized carbons (Fsp3) is 0.300. The lowest BCUT2D eigenvalue weighted by Crippen LogP contribution is -2.44. The summed E-state index contributed by atoms with van der Waals surface area (Å²) in [5.41, 5.74) is 0.973. The van der Waals surface area contributed by atoms with Gasteiger partial charge < -0.3 is 14.4 Å². The number of esters is 1. The van der Waals surface area contributed by atoms with Crippen molar-refractivity contribution in [3.63, 3.8) is 0 Å². The van der Waals surface area contributed by atoms with E-state index in [1.165, 1.54) is 18.2 Å². The number of benzene rings is 2. The van der Waals surface area contributed by atoms with Gasteiger partial charge in [0.25, 0.3) is 11.6 Å². The lowest BCUT2D eigenvalue weighted by atomic mass is 10.1. The molecule has 28 heavy (non-hydrogen) atoms. The second kappa shape index (κ2) is 8.62. The number of ether oxygens (including phenoxy) is 2. The zero-order chi connectivity index (χ0) is 20.1. The largest absolute Gasteiger partial charge is 0.444 e. The number of morpholine rings is 1. The zero-order valence-corrected chi connectivity index (χ0v) is 15.4. The molecule has 1 atom stereocenters. The van der Waals surface area contributed by atoms with Crippen LogP contribution in [0, 0.1) is 17.0 Å². The third-order valence-electron chi connectivity index (χ3n) is 4.50. The normalized spacial score (nSPS) is 15.0. The van der Waals surface area contributed by atoms with E-state index in [4.69, 9.17) is 9.47 Å². The van der Waals surface area contributed by atoms with Gasteiger partial charge in [-0.3, -0.25) is 14.9 Å². The second-order valence-electron chi connectivity index (χ2n) is 6.39. The standard InChI is InChI=1S/C20H20N2O6/c1-14-13-16(7-8-17(14)22(25)26)20(24)28-18(15-5-3-2-4-6-15)19(23)21-9-11-27-12-10-21/h2-8,13,18H,9-12H2,1H3/t18-/m0/s1. The van der Waals surface area contributed by atoms with Crippen LogP contribution in [-0.4, -0.2) is 48.0 Å². The Bertz CT molecular complexity index is 878. The average molecular weight is 384 g/mol. The Morgan fingerprint density at radius 1 is 1.14 bits per heavy atom. The van der Waals surface area contributed by atoms with Crippen molar-refractivity contribution in [1.29, 1.82) is 0 Å². The Hall–Kier alpha value is -3.26. The Balaban J connectivity index is 1.84. The van der Waals surface area contributed by atoms with E-state index >= 15 is 0 Å². The predicted molar refractivity (Wildman–Crippen MR) is 99.8 cm³/mol. The summed E-state index contributed by atoms with van der Waals surface area (Å²) in [6, 6.07) is 12.7. The maximum Gasteiger partial charge on any atom is 0.339 e. The van der Waals surface area contributed by atoms with Crippen molar-refractivity contribution in [2.75, 3.05) is 26.3 Å². The van der Waals surface area contributed by atoms with Crippen LogP contribution < -0.4 is 0 Å². The molecule has 1 fully saturated rings. The van der Waals surface area contributed by atoms with Gasteiger partial charge in [0.1, 0.15) is 0 Å². The van der Waals surface area contributed by atoms with Crippen LogP contribution in [0.25, 0.3) is 0 Å². The molecule has 1 amide bonds. The number of nitrogens with zero attached hydrogens (tertiary/aromatic N) is 2. The molecule has 0 saturated carbocycles. The van der Waals surface area contributed by atoms with E-state index in [2.05, 4.69) is 0 Å². The summed E-state index contributed by atoms with van der Waals surface area (Å²) >= 11 is 0. The van der Waals surface area contributed by atoms with Gasteiger partial charge in [0.15, 0.2) is 0 Å². The van der Waals surface area contributed by atoms with Crippen molar-refractivity contribution in [2.24, 2.45) is 0 Å². The summed E-state index contributed by atoms with van der Waals surface area (Å²) in [6.07, 6.45) is -1.10. The third kappa shape index (κ3) is 4.34. The van der Waals surface area contributed by atoms with E-state index in [0.29, 0.717) is 37.4 Å². The van der Waals surface area contributed by atoms with Gasteiger partial charge >= 0.3 is 5.97 Å². The molecule has 2 aromatic carbocycles. The summed E-state index contributed by atoms with van der Waals surface area (Å²) < 4.78 is 10.8. The van der Waals surface area contributed by atoms with Crippen molar-refractivity contribution in [1.82, 2.24) is 4.90 Å². The molecular formula is C20H20N2O6. The molecule has 0 radical (unpaired) electrons. The first-order chi connectivity index (χ1) is 13.5. The number of carbonyl (C=O) groups is 2. The number of hydrogen-bond acceptors (Lipinski definition) is 6. The molecule has 0 spiro atoms. The molecular weight excluding hydrogens is 364 g/mol. The van der Waals surface area contributed by atoms with Crippen molar-refractivity contribution < 1.29 is 24.0 Å².